The molecule has 1 spiro atoms. The van der Waals surface area contributed by atoms with Gasteiger partial charge in [-0.05, 0) is 25.7 Å². The molecule has 2 aliphatic heterocycles. The first-order valence-electron chi connectivity index (χ1n) is 8.50. The van der Waals surface area contributed by atoms with E-state index in [0.29, 0.717) is 39.3 Å². The lowest BCUT2D eigenvalue weighted by atomic mass is 9.90. The molecule has 22 heavy (non-hydrogen) atoms. The van der Waals surface area contributed by atoms with Gasteiger partial charge in [-0.2, -0.15) is 0 Å². The number of rotatable bonds is 2. The van der Waals surface area contributed by atoms with Crippen molar-refractivity contribution in [2.45, 2.75) is 57.2 Å². The van der Waals surface area contributed by atoms with Crippen molar-refractivity contribution in [1.29, 1.82) is 0 Å². The minimum absolute atomic E-state index is 0.0209. The van der Waals surface area contributed by atoms with E-state index < -0.39 is 11.8 Å². The van der Waals surface area contributed by atoms with Gasteiger partial charge in [0.1, 0.15) is 11.8 Å². The molecule has 0 bridgehead atoms. The summed E-state index contributed by atoms with van der Waals surface area (Å²) < 4.78 is 11.4. The molecule has 0 aromatic rings. The Labute approximate surface area is 131 Å². The van der Waals surface area contributed by atoms with Crippen molar-refractivity contribution in [2.75, 3.05) is 32.9 Å². The van der Waals surface area contributed by atoms with Gasteiger partial charge in [0.15, 0.2) is 0 Å². The third-order valence-corrected chi connectivity index (χ3v) is 5.07. The molecule has 6 heteroatoms. The van der Waals surface area contributed by atoms with Crippen molar-refractivity contribution in [2.24, 2.45) is 0 Å². The van der Waals surface area contributed by atoms with Crippen LogP contribution < -0.4 is 0 Å². The number of carbonyl (C=O) groups is 2. The van der Waals surface area contributed by atoms with Crippen molar-refractivity contribution in [3.63, 3.8) is 0 Å². The van der Waals surface area contributed by atoms with E-state index in [-0.39, 0.29) is 11.8 Å². The van der Waals surface area contributed by atoms with E-state index in [4.69, 9.17) is 9.47 Å². The number of hydrogen-bond acceptors (Lipinski definition) is 4. The molecule has 3 rings (SSSR count). The molecular formula is C16H26N2O4. The van der Waals surface area contributed by atoms with Gasteiger partial charge >= 0.3 is 0 Å². The van der Waals surface area contributed by atoms with Crippen LogP contribution in [-0.4, -0.2) is 66.3 Å². The molecule has 0 aromatic carbocycles. The largest absolute Gasteiger partial charge is 0.378 e. The number of nitrogens with zero attached hydrogens (tertiary/aromatic N) is 2. The third-order valence-electron chi connectivity index (χ3n) is 5.07. The smallest absolute Gasteiger partial charge is 0.248 e. The van der Waals surface area contributed by atoms with Crippen LogP contribution in [0.3, 0.4) is 0 Å². The van der Waals surface area contributed by atoms with Crippen LogP contribution in [0.15, 0.2) is 0 Å². The summed E-state index contributed by atoms with van der Waals surface area (Å²) in [6.45, 7) is 4.56. The molecule has 1 unspecified atom stereocenters. The standard InChI is InChI=1S/C16H26N2O4/c1-2-14(19)18-13(15(20)17-8-10-21-11-9-17)12-22-16(18)6-4-3-5-7-16/h13H,2-12H2,1H3. The van der Waals surface area contributed by atoms with Crippen LogP contribution in [0.4, 0.5) is 0 Å². The Hall–Kier alpha value is -1.14. The summed E-state index contributed by atoms with van der Waals surface area (Å²) in [7, 11) is 0. The Morgan fingerprint density at radius 3 is 2.45 bits per heavy atom. The summed E-state index contributed by atoms with van der Waals surface area (Å²) in [6.07, 6.45) is 5.43. The zero-order valence-corrected chi connectivity index (χ0v) is 13.4. The fourth-order valence-corrected chi connectivity index (χ4v) is 3.90. The predicted octanol–water partition coefficient (Wildman–Crippen LogP) is 1.14. The highest BCUT2D eigenvalue weighted by molar-refractivity contribution is 5.88. The monoisotopic (exact) mass is 310 g/mol. The van der Waals surface area contributed by atoms with Crippen molar-refractivity contribution in [3.05, 3.63) is 0 Å². The highest BCUT2D eigenvalue weighted by Gasteiger charge is 2.53. The van der Waals surface area contributed by atoms with E-state index in [1.54, 1.807) is 4.90 Å². The number of carbonyl (C=O) groups excluding carboxylic acids is 2. The van der Waals surface area contributed by atoms with Crippen molar-refractivity contribution in [1.82, 2.24) is 9.80 Å². The lowest BCUT2D eigenvalue weighted by Crippen LogP contribution is -2.57. The van der Waals surface area contributed by atoms with Gasteiger partial charge in [-0.3, -0.25) is 14.5 Å². The lowest BCUT2D eigenvalue weighted by molar-refractivity contribution is -0.162. The van der Waals surface area contributed by atoms with E-state index in [9.17, 15) is 9.59 Å². The van der Waals surface area contributed by atoms with Gasteiger partial charge in [0, 0.05) is 19.5 Å². The number of ether oxygens (including phenoxy) is 2. The highest BCUT2D eigenvalue weighted by Crippen LogP contribution is 2.41. The molecule has 0 radical (unpaired) electrons. The second-order valence-electron chi connectivity index (χ2n) is 6.39. The zero-order valence-electron chi connectivity index (χ0n) is 13.4. The first-order chi connectivity index (χ1) is 10.7. The minimum atomic E-state index is -0.530. The Morgan fingerprint density at radius 2 is 1.82 bits per heavy atom. The van der Waals surface area contributed by atoms with E-state index in [1.807, 2.05) is 11.8 Å². The highest BCUT2D eigenvalue weighted by atomic mass is 16.5. The lowest BCUT2D eigenvalue weighted by Gasteiger charge is -2.42. The Kier molecular flexibility index (Phi) is 4.68. The Bertz CT molecular complexity index is 428. The summed E-state index contributed by atoms with van der Waals surface area (Å²) in [5.74, 6) is 0.0542. The maximum atomic E-state index is 12.9. The molecule has 3 aliphatic rings. The fourth-order valence-electron chi connectivity index (χ4n) is 3.90. The average molecular weight is 310 g/mol. The fraction of sp³-hybridized carbons (Fsp3) is 0.875. The second-order valence-corrected chi connectivity index (χ2v) is 6.39. The molecule has 1 aliphatic carbocycles. The van der Waals surface area contributed by atoms with Crippen molar-refractivity contribution < 1.29 is 19.1 Å². The first kappa shape index (κ1) is 15.7. The van der Waals surface area contributed by atoms with E-state index in [0.717, 1.165) is 25.7 Å². The SMILES string of the molecule is CCC(=O)N1C(C(=O)N2CCOCC2)COC12CCCCC2. The molecule has 2 amide bonds. The van der Waals surface area contributed by atoms with Crippen LogP contribution in [0.5, 0.6) is 0 Å². The molecule has 1 atom stereocenters. The molecule has 124 valence electrons. The van der Waals surface area contributed by atoms with Crippen LogP contribution in [0, 0.1) is 0 Å². The van der Waals surface area contributed by atoms with Gasteiger partial charge in [-0.25, -0.2) is 0 Å². The maximum Gasteiger partial charge on any atom is 0.248 e. The minimum Gasteiger partial charge on any atom is -0.378 e. The number of hydrogen-bond donors (Lipinski definition) is 0. The van der Waals surface area contributed by atoms with E-state index in [2.05, 4.69) is 0 Å². The third kappa shape index (κ3) is 2.74. The Morgan fingerprint density at radius 1 is 1.14 bits per heavy atom. The van der Waals surface area contributed by atoms with Gasteiger partial charge in [-0.1, -0.05) is 13.3 Å². The summed E-state index contributed by atoms with van der Waals surface area (Å²) in [5.41, 5.74) is -0.530. The van der Waals surface area contributed by atoms with Crippen LogP contribution >= 0.6 is 0 Å². The molecule has 3 fully saturated rings. The van der Waals surface area contributed by atoms with Gasteiger partial charge in [-0.15, -0.1) is 0 Å². The van der Waals surface area contributed by atoms with Crippen LogP contribution in [0.25, 0.3) is 0 Å². The summed E-state index contributed by atoms with van der Waals surface area (Å²) in [5, 5.41) is 0. The topological polar surface area (TPSA) is 59.1 Å². The van der Waals surface area contributed by atoms with Gasteiger partial charge < -0.3 is 14.4 Å². The van der Waals surface area contributed by atoms with Crippen LogP contribution in [0.2, 0.25) is 0 Å². The molecular weight excluding hydrogens is 284 g/mol. The average Bonchev–Trinajstić information content (AvgIpc) is 2.93. The van der Waals surface area contributed by atoms with Crippen LogP contribution in [0.1, 0.15) is 45.4 Å². The van der Waals surface area contributed by atoms with Crippen molar-refractivity contribution >= 4 is 11.8 Å². The molecule has 1 saturated carbocycles. The predicted molar refractivity (Wildman–Crippen MR) is 80.1 cm³/mol. The molecule has 2 saturated heterocycles. The molecule has 0 N–H and O–H groups in total. The summed E-state index contributed by atoms with van der Waals surface area (Å²) >= 11 is 0. The van der Waals surface area contributed by atoms with Crippen LogP contribution in [-0.2, 0) is 19.1 Å². The van der Waals surface area contributed by atoms with Gasteiger partial charge in [0.25, 0.3) is 0 Å². The molecule has 0 aromatic heterocycles. The Balaban J connectivity index is 1.80. The second kappa shape index (κ2) is 6.54. The quantitative estimate of drug-likeness (QED) is 0.767. The van der Waals surface area contributed by atoms with Gasteiger partial charge in [0.05, 0.1) is 19.8 Å². The first-order valence-corrected chi connectivity index (χ1v) is 8.50. The van der Waals surface area contributed by atoms with E-state index >= 15 is 0 Å². The summed E-state index contributed by atoms with van der Waals surface area (Å²) in [4.78, 5) is 29.0. The summed E-state index contributed by atoms with van der Waals surface area (Å²) in [6, 6.07) is -0.455. The van der Waals surface area contributed by atoms with Gasteiger partial charge in [0.2, 0.25) is 11.8 Å². The number of morpholine rings is 1. The molecule has 6 nitrogen and oxygen atoms in total. The molecule has 2 heterocycles. The maximum absolute atomic E-state index is 12.9. The van der Waals surface area contributed by atoms with Crippen molar-refractivity contribution in [3.8, 4) is 0 Å². The number of amides is 2. The zero-order chi connectivity index (χ0) is 15.6. The van der Waals surface area contributed by atoms with E-state index in [1.165, 1.54) is 6.42 Å². The normalized spacial score (nSPS) is 28.1.